The van der Waals surface area contributed by atoms with E-state index in [0.717, 1.165) is 24.2 Å². The van der Waals surface area contributed by atoms with Gasteiger partial charge in [-0.05, 0) is 25.3 Å². The molecule has 1 aromatic heterocycles. The number of para-hydroxylation sites is 1. The molecule has 0 atom stereocenters. The lowest BCUT2D eigenvalue weighted by Crippen LogP contribution is -2.29. The molecule has 3 rings (SSSR count). The van der Waals surface area contributed by atoms with Crippen LogP contribution in [0.2, 0.25) is 0 Å². The lowest BCUT2D eigenvalue weighted by Gasteiger charge is -2.27. The van der Waals surface area contributed by atoms with Gasteiger partial charge < -0.3 is 10.1 Å². The van der Waals surface area contributed by atoms with E-state index in [-0.39, 0.29) is 6.03 Å². The number of carbonyl (C=O) groups is 1. The molecule has 0 radical (unpaired) electrons. The maximum atomic E-state index is 11.9. The number of nitrogens with zero attached hydrogens (tertiary/aromatic N) is 2. The first-order valence-corrected chi connectivity index (χ1v) is 7.50. The molecule has 116 valence electrons. The lowest BCUT2D eigenvalue weighted by molar-refractivity contribution is 0.119. The summed E-state index contributed by atoms with van der Waals surface area (Å²) in [4.78, 5) is 11.9. The molecule has 22 heavy (non-hydrogen) atoms. The van der Waals surface area contributed by atoms with E-state index < -0.39 is 0 Å². The zero-order valence-corrected chi connectivity index (χ0v) is 12.6. The number of hydrogen-bond donors (Lipinski definition) is 2. The Morgan fingerprint density at radius 3 is 2.86 bits per heavy atom. The zero-order valence-electron chi connectivity index (χ0n) is 12.6. The molecule has 1 aliphatic carbocycles. The maximum absolute atomic E-state index is 11.9. The average Bonchev–Trinajstić information content (AvgIpc) is 2.87. The molecule has 2 aromatic rings. The Labute approximate surface area is 129 Å². The Morgan fingerprint density at radius 1 is 1.36 bits per heavy atom. The third-order valence-electron chi connectivity index (χ3n) is 3.71. The van der Waals surface area contributed by atoms with Crippen molar-refractivity contribution < 1.29 is 9.53 Å². The van der Waals surface area contributed by atoms with Crippen molar-refractivity contribution in [1.29, 1.82) is 0 Å². The quantitative estimate of drug-likeness (QED) is 0.892. The summed E-state index contributed by atoms with van der Waals surface area (Å²) in [5.74, 6) is 1.38. The number of hydrogen-bond acceptors (Lipinski definition) is 3. The Kier molecular flexibility index (Phi) is 4.27. The first-order valence-electron chi connectivity index (χ1n) is 7.50. The minimum Gasteiger partial charge on any atom is -0.490 e. The monoisotopic (exact) mass is 300 g/mol. The molecule has 0 saturated heterocycles. The van der Waals surface area contributed by atoms with E-state index in [1.165, 1.54) is 6.42 Å². The van der Waals surface area contributed by atoms with Gasteiger partial charge in [0.25, 0.3) is 0 Å². The van der Waals surface area contributed by atoms with Crippen LogP contribution in [0.15, 0.2) is 36.5 Å². The van der Waals surface area contributed by atoms with Crippen molar-refractivity contribution in [1.82, 2.24) is 15.1 Å². The highest BCUT2D eigenvalue weighted by Crippen LogP contribution is 2.27. The van der Waals surface area contributed by atoms with E-state index in [2.05, 4.69) is 15.7 Å². The number of nitrogens with one attached hydrogen (secondary N) is 2. The molecule has 0 unspecified atom stereocenters. The molecule has 0 spiro atoms. The maximum Gasteiger partial charge on any atom is 0.320 e. The molecule has 1 saturated carbocycles. The van der Waals surface area contributed by atoms with Gasteiger partial charge in [-0.25, -0.2) is 4.79 Å². The van der Waals surface area contributed by atoms with Gasteiger partial charge in [0.1, 0.15) is 5.75 Å². The number of aryl methyl sites for hydroxylation is 1. The number of carbonyl (C=O) groups excluding carboxylic acids is 1. The van der Waals surface area contributed by atoms with Crippen LogP contribution in [-0.2, 0) is 13.6 Å². The lowest BCUT2D eigenvalue weighted by atomic mass is 9.96. The predicted molar refractivity (Wildman–Crippen MR) is 83.8 cm³/mol. The van der Waals surface area contributed by atoms with Gasteiger partial charge in [0.05, 0.1) is 6.10 Å². The Bertz CT molecular complexity index is 649. The van der Waals surface area contributed by atoms with Crippen molar-refractivity contribution >= 4 is 11.8 Å². The molecule has 0 aliphatic heterocycles. The van der Waals surface area contributed by atoms with Crippen molar-refractivity contribution in [2.45, 2.75) is 31.9 Å². The van der Waals surface area contributed by atoms with Crippen LogP contribution >= 0.6 is 0 Å². The summed E-state index contributed by atoms with van der Waals surface area (Å²) < 4.78 is 7.58. The van der Waals surface area contributed by atoms with Crippen LogP contribution in [0, 0.1) is 0 Å². The highest BCUT2D eigenvalue weighted by atomic mass is 16.5. The predicted octanol–water partition coefficient (Wildman–Crippen LogP) is 2.67. The van der Waals surface area contributed by atoms with Gasteiger partial charge in [-0.3, -0.25) is 10.00 Å². The van der Waals surface area contributed by atoms with Crippen LogP contribution in [0.1, 0.15) is 24.8 Å². The summed E-state index contributed by atoms with van der Waals surface area (Å²) in [6.45, 7) is 0.418. The summed E-state index contributed by atoms with van der Waals surface area (Å²) in [5.41, 5.74) is 0.977. The highest BCUT2D eigenvalue weighted by Gasteiger charge is 2.20. The van der Waals surface area contributed by atoms with Gasteiger partial charge in [-0.1, -0.05) is 18.2 Å². The van der Waals surface area contributed by atoms with E-state index in [1.807, 2.05) is 24.3 Å². The van der Waals surface area contributed by atoms with Crippen LogP contribution < -0.4 is 15.4 Å². The van der Waals surface area contributed by atoms with Gasteiger partial charge in [0.2, 0.25) is 0 Å². The normalized spacial score (nSPS) is 14.2. The van der Waals surface area contributed by atoms with Crippen LogP contribution in [0.5, 0.6) is 5.75 Å². The fourth-order valence-electron chi connectivity index (χ4n) is 2.25. The Balaban J connectivity index is 1.55. The molecule has 1 fully saturated rings. The van der Waals surface area contributed by atoms with Crippen LogP contribution in [-0.4, -0.2) is 21.9 Å². The van der Waals surface area contributed by atoms with E-state index in [4.69, 9.17) is 4.74 Å². The Morgan fingerprint density at radius 2 is 2.18 bits per heavy atom. The van der Waals surface area contributed by atoms with E-state index in [9.17, 15) is 4.79 Å². The zero-order chi connectivity index (χ0) is 15.4. The van der Waals surface area contributed by atoms with Gasteiger partial charge >= 0.3 is 6.03 Å². The van der Waals surface area contributed by atoms with E-state index in [0.29, 0.717) is 18.5 Å². The fraction of sp³-hybridized carbons (Fsp3) is 0.375. The number of aromatic nitrogens is 2. The molecule has 2 amide bonds. The van der Waals surface area contributed by atoms with Crippen LogP contribution in [0.4, 0.5) is 10.6 Å². The van der Waals surface area contributed by atoms with Gasteiger partial charge in [-0.15, -0.1) is 0 Å². The second-order valence-electron chi connectivity index (χ2n) is 5.46. The summed E-state index contributed by atoms with van der Waals surface area (Å²) in [7, 11) is 1.80. The number of anilines is 1. The summed E-state index contributed by atoms with van der Waals surface area (Å²) in [6, 6.07) is 9.28. The second kappa shape index (κ2) is 6.51. The van der Waals surface area contributed by atoms with Crippen molar-refractivity contribution in [2.75, 3.05) is 5.32 Å². The molecular formula is C16H20N4O2. The summed E-state index contributed by atoms with van der Waals surface area (Å²) in [6.07, 6.45) is 5.56. The van der Waals surface area contributed by atoms with E-state index >= 15 is 0 Å². The van der Waals surface area contributed by atoms with Crippen molar-refractivity contribution in [3.8, 4) is 5.75 Å². The first kappa shape index (κ1) is 14.4. The highest BCUT2D eigenvalue weighted by molar-refractivity contribution is 5.88. The van der Waals surface area contributed by atoms with Crippen molar-refractivity contribution in [2.24, 2.45) is 7.05 Å². The third-order valence-corrected chi connectivity index (χ3v) is 3.71. The summed E-state index contributed by atoms with van der Waals surface area (Å²) in [5, 5.41) is 9.62. The smallest absolute Gasteiger partial charge is 0.320 e. The SMILES string of the molecule is Cn1ccc(NC(=O)NCc2ccccc2OC2CCC2)n1. The molecule has 6 heteroatoms. The first-order chi connectivity index (χ1) is 10.7. The third kappa shape index (κ3) is 3.58. The number of amides is 2. The molecular weight excluding hydrogens is 280 g/mol. The van der Waals surface area contributed by atoms with E-state index in [1.54, 1.807) is 24.0 Å². The summed E-state index contributed by atoms with van der Waals surface area (Å²) >= 11 is 0. The van der Waals surface area contributed by atoms with Gasteiger partial charge in [0.15, 0.2) is 5.82 Å². The van der Waals surface area contributed by atoms with Crippen molar-refractivity contribution in [3.05, 3.63) is 42.1 Å². The minimum absolute atomic E-state index is 0.280. The van der Waals surface area contributed by atoms with Gasteiger partial charge in [0, 0.05) is 31.4 Å². The number of ether oxygens (including phenoxy) is 1. The van der Waals surface area contributed by atoms with Crippen molar-refractivity contribution in [3.63, 3.8) is 0 Å². The average molecular weight is 300 g/mol. The van der Waals surface area contributed by atoms with Crippen LogP contribution in [0.25, 0.3) is 0 Å². The number of benzene rings is 1. The van der Waals surface area contributed by atoms with Gasteiger partial charge in [-0.2, -0.15) is 5.10 Å². The topological polar surface area (TPSA) is 68.2 Å². The van der Waals surface area contributed by atoms with Crippen LogP contribution in [0.3, 0.4) is 0 Å². The minimum atomic E-state index is -0.280. The molecule has 1 aliphatic rings. The number of urea groups is 1. The molecule has 0 bridgehead atoms. The molecule has 1 aromatic carbocycles. The standard InChI is InChI=1S/C16H20N4O2/c1-20-10-9-15(19-20)18-16(21)17-11-12-5-2-3-8-14(12)22-13-6-4-7-13/h2-3,5,8-10,13H,4,6-7,11H2,1H3,(H2,17,18,19,21). The fourth-order valence-corrected chi connectivity index (χ4v) is 2.25. The molecule has 1 heterocycles. The second-order valence-corrected chi connectivity index (χ2v) is 5.46. The largest absolute Gasteiger partial charge is 0.490 e. The molecule has 6 nitrogen and oxygen atoms in total. The Hall–Kier alpha value is -2.50. The number of rotatable bonds is 5. The molecule has 2 N–H and O–H groups in total.